The van der Waals surface area contributed by atoms with Crippen LogP contribution < -0.4 is 0 Å². The van der Waals surface area contributed by atoms with Gasteiger partial charge in [0.2, 0.25) is 5.91 Å². The lowest BCUT2D eigenvalue weighted by Gasteiger charge is -2.36. The van der Waals surface area contributed by atoms with Crippen molar-refractivity contribution < 1.29 is 14.5 Å². The van der Waals surface area contributed by atoms with Crippen molar-refractivity contribution in [1.29, 1.82) is 0 Å². The maximum atomic E-state index is 13.1. The van der Waals surface area contributed by atoms with Gasteiger partial charge in [-0.3, -0.25) is 14.9 Å². The number of fused-ring (bicyclic) bond motifs is 1. The highest BCUT2D eigenvalue weighted by Crippen LogP contribution is 2.38. The number of ether oxygens (including phenoxy) is 1. The van der Waals surface area contributed by atoms with Gasteiger partial charge in [-0.05, 0) is 24.8 Å². The van der Waals surface area contributed by atoms with E-state index < -0.39 is 4.92 Å². The third kappa shape index (κ3) is 3.08. The van der Waals surface area contributed by atoms with E-state index in [2.05, 4.69) is 0 Å². The lowest BCUT2D eigenvalue weighted by Crippen LogP contribution is -2.46. The molecular weight excluding hydrogens is 332 g/mol. The van der Waals surface area contributed by atoms with Crippen LogP contribution in [0.3, 0.4) is 0 Å². The molecule has 2 aromatic rings. The Kier molecular flexibility index (Phi) is 4.42. The summed E-state index contributed by atoms with van der Waals surface area (Å²) in [6.07, 6.45) is 2.03. The fourth-order valence-electron chi connectivity index (χ4n) is 3.90. The smallest absolute Gasteiger partial charge is 0.269 e. The molecule has 0 aliphatic carbocycles. The first-order chi connectivity index (χ1) is 12.6. The van der Waals surface area contributed by atoms with Crippen molar-refractivity contribution in [3.63, 3.8) is 0 Å². The molecule has 6 heteroatoms. The summed E-state index contributed by atoms with van der Waals surface area (Å²) in [6.45, 7) is 0.579. The lowest BCUT2D eigenvalue weighted by atomic mass is 9.87. The molecule has 4 rings (SSSR count). The SMILES string of the molecule is O=C1[C@H](Cc2ccc([N+](=O)[O-])cc2)CC[C@@H]2CO[C@H](c3ccccc3)N12. The van der Waals surface area contributed by atoms with Crippen molar-refractivity contribution in [3.05, 3.63) is 75.8 Å². The summed E-state index contributed by atoms with van der Waals surface area (Å²) in [5.41, 5.74) is 2.02. The number of benzene rings is 2. The van der Waals surface area contributed by atoms with E-state index in [-0.39, 0.29) is 29.8 Å². The Hall–Kier alpha value is -2.73. The molecule has 1 amide bonds. The zero-order valence-electron chi connectivity index (χ0n) is 14.3. The monoisotopic (exact) mass is 352 g/mol. The van der Waals surface area contributed by atoms with E-state index in [1.165, 1.54) is 12.1 Å². The number of piperidine rings is 1. The highest BCUT2D eigenvalue weighted by molar-refractivity contribution is 5.81. The van der Waals surface area contributed by atoms with Crippen LogP contribution in [-0.2, 0) is 16.0 Å². The lowest BCUT2D eigenvalue weighted by molar-refractivity contribution is -0.384. The molecule has 0 unspecified atom stereocenters. The first kappa shape index (κ1) is 16.7. The van der Waals surface area contributed by atoms with Gasteiger partial charge >= 0.3 is 0 Å². The number of non-ortho nitro benzene ring substituents is 1. The van der Waals surface area contributed by atoms with Gasteiger partial charge in [-0.25, -0.2) is 0 Å². The van der Waals surface area contributed by atoms with E-state index in [4.69, 9.17) is 4.74 Å². The summed E-state index contributed by atoms with van der Waals surface area (Å²) < 4.78 is 5.93. The fraction of sp³-hybridized carbons (Fsp3) is 0.350. The van der Waals surface area contributed by atoms with Gasteiger partial charge in [-0.2, -0.15) is 0 Å². The van der Waals surface area contributed by atoms with Gasteiger partial charge in [0, 0.05) is 23.6 Å². The summed E-state index contributed by atoms with van der Waals surface area (Å²) in [5.74, 6) is 0.00609. The Morgan fingerprint density at radius 2 is 1.81 bits per heavy atom. The highest BCUT2D eigenvalue weighted by Gasteiger charge is 2.44. The standard InChI is InChI=1S/C20H20N2O4/c23-19-16(12-14-6-9-17(10-7-14)22(24)25)8-11-18-13-26-20(21(18)19)15-4-2-1-3-5-15/h1-7,9-10,16,18,20H,8,11-13H2/t16-,18+,20+/m0/s1. The molecule has 0 saturated carbocycles. The van der Waals surface area contributed by atoms with E-state index >= 15 is 0 Å². The Morgan fingerprint density at radius 3 is 2.50 bits per heavy atom. The molecule has 0 bridgehead atoms. The molecule has 2 fully saturated rings. The van der Waals surface area contributed by atoms with E-state index in [9.17, 15) is 14.9 Å². The Labute approximate surface area is 151 Å². The number of carbonyl (C=O) groups excluding carboxylic acids is 1. The van der Waals surface area contributed by atoms with Crippen LogP contribution in [0.25, 0.3) is 0 Å². The van der Waals surface area contributed by atoms with Gasteiger partial charge in [-0.15, -0.1) is 0 Å². The van der Waals surface area contributed by atoms with Crippen molar-refractivity contribution in [1.82, 2.24) is 4.90 Å². The van der Waals surface area contributed by atoms with Gasteiger partial charge in [0.25, 0.3) is 5.69 Å². The Morgan fingerprint density at radius 1 is 1.08 bits per heavy atom. The molecule has 0 aromatic heterocycles. The van der Waals surface area contributed by atoms with Crippen molar-refractivity contribution in [2.45, 2.75) is 31.5 Å². The van der Waals surface area contributed by atoms with Crippen molar-refractivity contribution in [2.24, 2.45) is 5.92 Å². The molecule has 2 aliphatic heterocycles. The predicted molar refractivity (Wildman–Crippen MR) is 95.3 cm³/mol. The molecule has 3 atom stereocenters. The average molecular weight is 352 g/mol. The second kappa shape index (κ2) is 6.88. The summed E-state index contributed by atoms with van der Waals surface area (Å²) in [4.78, 5) is 25.4. The number of nitrogens with zero attached hydrogens (tertiary/aromatic N) is 2. The van der Waals surface area contributed by atoms with Gasteiger partial charge in [0.15, 0.2) is 6.23 Å². The second-order valence-electron chi connectivity index (χ2n) is 6.90. The third-order valence-electron chi connectivity index (χ3n) is 5.26. The third-order valence-corrected chi connectivity index (χ3v) is 5.26. The first-order valence-electron chi connectivity index (χ1n) is 8.85. The second-order valence-corrected chi connectivity index (χ2v) is 6.90. The van der Waals surface area contributed by atoms with Crippen molar-refractivity contribution in [3.8, 4) is 0 Å². The zero-order chi connectivity index (χ0) is 18.1. The van der Waals surface area contributed by atoms with Crippen LogP contribution in [0.4, 0.5) is 5.69 Å². The van der Waals surface area contributed by atoms with Crippen LogP contribution in [0.2, 0.25) is 0 Å². The Balaban J connectivity index is 1.51. The van der Waals surface area contributed by atoms with Crippen LogP contribution in [0.1, 0.15) is 30.2 Å². The normalized spacial score (nSPS) is 25.2. The molecule has 6 nitrogen and oxygen atoms in total. The first-order valence-corrected chi connectivity index (χ1v) is 8.85. The van der Waals surface area contributed by atoms with Crippen LogP contribution in [0.5, 0.6) is 0 Å². The minimum Gasteiger partial charge on any atom is -0.352 e. The molecule has 0 N–H and O–H groups in total. The topological polar surface area (TPSA) is 72.7 Å². The van der Waals surface area contributed by atoms with E-state index in [0.717, 1.165) is 24.0 Å². The molecular formula is C20H20N2O4. The van der Waals surface area contributed by atoms with Crippen LogP contribution in [-0.4, -0.2) is 28.4 Å². The van der Waals surface area contributed by atoms with Crippen LogP contribution >= 0.6 is 0 Å². The molecule has 134 valence electrons. The predicted octanol–water partition coefficient (Wildman–Crippen LogP) is 3.47. The van der Waals surface area contributed by atoms with Gasteiger partial charge in [0.1, 0.15) is 0 Å². The molecule has 0 spiro atoms. The largest absolute Gasteiger partial charge is 0.352 e. The maximum Gasteiger partial charge on any atom is 0.269 e. The van der Waals surface area contributed by atoms with Gasteiger partial charge < -0.3 is 9.64 Å². The van der Waals surface area contributed by atoms with Gasteiger partial charge in [-0.1, -0.05) is 42.5 Å². The summed E-state index contributed by atoms with van der Waals surface area (Å²) in [6, 6.07) is 16.4. The number of hydrogen-bond acceptors (Lipinski definition) is 4. The summed E-state index contributed by atoms with van der Waals surface area (Å²) in [7, 11) is 0. The number of carbonyl (C=O) groups is 1. The highest BCUT2D eigenvalue weighted by atomic mass is 16.6. The zero-order valence-corrected chi connectivity index (χ0v) is 14.3. The fourth-order valence-corrected chi connectivity index (χ4v) is 3.90. The molecule has 0 radical (unpaired) electrons. The number of rotatable bonds is 4. The summed E-state index contributed by atoms with van der Waals surface area (Å²) in [5, 5.41) is 10.8. The van der Waals surface area contributed by atoms with Crippen molar-refractivity contribution >= 4 is 11.6 Å². The molecule has 2 heterocycles. The van der Waals surface area contributed by atoms with Gasteiger partial charge in [0.05, 0.1) is 17.6 Å². The molecule has 2 saturated heterocycles. The summed E-state index contributed by atoms with van der Waals surface area (Å²) >= 11 is 0. The Bertz CT molecular complexity index is 806. The van der Waals surface area contributed by atoms with Crippen molar-refractivity contribution in [2.75, 3.05) is 6.61 Å². The number of hydrogen-bond donors (Lipinski definition) is 0. The molecule has 26 heavy (non-hydrogen) atoms. The van der Waals surface area contributed by atoms with E-state index in [0.29, 0.717) is 13.0 Å². The van der Waals surface area contributed by atoms with Crippen LogP contribution in [0, 0.1) is 16.0 Å². The quantitative estimate of drug-likeness (QED) is 0.624. The molecule has 2 aromatic carbocycles. The van der Waals surface area contributed by atoms with E-state index in [1.54, 1.807) is 12.1 Å². The minimum atomic E-state index is -0.411. The van der Waals surface area contributed by atoms with Crippen LogP contribution in [0.15, 0.2) is 54.6 Å². The molecule has 2 aliphatic rings. The van der Waals surface area contributed by atoms with E-state index in [1.807, 2.05) is 35.2 Å². The maximum absolute atomic E-state index is 13.1. The number of amides is 1. The number of nitro groups is 1. The minimum absolute atomic E-state index is 0.0702. The average Bonchev–Trinajstić information content (AvgIpc) is 3.10. The number of nitro benzene ring substituents is 1.